The lowest BCUT2D eigenvalue weighted by Crippen LogP contribution is -2.36. The Bertz CT molecular complexity index is 698. The number of rotatable bonds is 6. The third-order valence-corrected chi connectivity index (χ3v) is 9.17. The Morgan fingerprint density at radius 2 is 1.81 bits per heavy atom. The van der Waals surface area contributed by atoms with Gasteiger partial charge in [-0.1, -0.05) is 64.8 Å². The molecule has 0 aromatic rings. The van der Waals surface area contributed by atoms with Crippen LogP contribution in [0.4, 0.5) is 13.2 Å². The van der Waals surface area contributed by atoms with Crippen molar-refractivity contribution < 1.29 is 13.2 Å². The number of alkyl halides is 3. The van der Waals surface area contributed by atoms with Gasteiger partial charge in [0.25, 0.3) is 0 Å². The summed E-state index contributed by atoms with van der Waals surface area (Å²) in [5, 5.41) is 0. The third-order valence-electron chi connectivity index (χ3n) is 9.17. The van der Waals surface area contributed by atoms with Gasteiger partial charge in [-0.3, -0.25) is 0 Å². The number of fused-ring (bicyclic) bond motifs is 1. The van der Waals surface area contributed by atoms with Gasteiger partial charge in [0.2, 0.25) is 0 Å². The molecule has 3 aliphatic rings. The van der Waals surface area contributed by atoms with Crippen LogP contribution in [0, 0.1) is 35.0 Å². The molecule has 3 saturated carbocycles. The van der Waals surface area contributed by atoms with E-state index in [9.17, 15) is 13.2 Å². The molecule has 6 atom stereocenters. The van der Waals surface area contributed by atoms with Crippen LogP contribution in [-0.2, 0) is 0 Å². The zero-order valence-electron chi connectivity index (χ0n) is 20.2. The summed E-state index contributed by atoms with van der Waals surface area (Å²) in [7, 11) is 0. The van der Waals surface area contributed by atoms with E-state index >= 15 is 0 Å². The largest absolute Gasteiger partial charge is 0.391 e. The number of hydrogen-bond acceptors (Lipinski definition) is 0. The monoisotopic (exact) mass is 436 g/mol. The highest BCUT2D eigenvalue weighted by atomic mass is 19.4. The maximum absolute atomic E-state index is 12.8. The van der Waals surface area contributed by atoms with Crippen LogP contribution in [0.25, 0.3) is 0 Å². The molecule has 0 saturated heterocycles. The summed E-state index contributed by atoms with van der Waals surface area (Å²) >= 11 is 0. The number of allylic oxidation sites excluding steroid dienone is 5. The van der Waals surface area contributed by atoms with Gasteiger partial charge in [-0.15, -0.1) is 0 Å². The SMILES string of the molecule is C=C1/C(=C\C=C2/CCCC3(C)C2CCC3C(C)CCCC(C)C(F)(F)F)CCCC1C. The van der Waals surface area contributed by atoms with Crippen LogP contribution in [0.3, 0.4) is 0 Å². The maximum Gasteiger partial charge on any atom is 0.391 e. The fourth-order valence-corrected chi connectivity index (χ4v) is 6.97. The van der Waals surface area contributed by atoms with Gasteiger partial charge in [-0.2, -0.15) is 13.2 Å². The second-order valence-corrected chi connectivity index (χ2v) is 11.2. The van der Waals surface area contributed by atoms with Gasteiger partial charge >= 0.3 is 6.18 Å². The second-order valence-electron chi connectivity index (χ2n) is 11.2. The van der Waals surface area contributed by atoms with E-state index in [1.165, 1.54) is 63.0 Å². The van der Waals surface area contributed by atoms with Gasteiger partial charge in [0.05, 0.1) is 5.92 Å². The lowest BCUT2D eigenvalue weighted by atomic mass is 9.60. The first-order valence-corrected chi connectivity index (χ1v) is 12.7. The van der Waals surface area contributed by atoms with Crippen molar-refractivity contribution >= 4 is 0 Å². The van der Waals surface area contributed by atoms with Crippen LogP contribution in [0.1, 0.15) is 98.3 Å². The highest BCUT2D eigenvalue weighted by Crippen LogP contribution is 2.60. The maximum atomic E-state index is 12.8. The average molecular weight is 437 g/mol. The van der Waals surface area contributed by atoms with Crippen molar-refractivity contribution in [3.8, 4) is 0 Å². The second kappa shape index (κ2) is 9.87. The minimum atomic E-state index is -4.05. The molecule has 0 N–H and O–H groups in total. The Kier molecular flexibility index (Phi) is 7.85. The zero-order valence-corrected chi connectivity index (χ0v) is 20.2. The summed E-state index contributed by atoms with van der Waals surface area (Å²) < 4.78 is 38.5. The molecule has 0 nitrogen and oxygen atoms in total. The first-order valence-electron chi connectivity index (χ1n) is 12.7. The normalized spacial score (nSPS) is 36.6. The molecule has 3 heteroatoms. The van der Waals surface area contributed by atoms with Crippen LogP contribution in [0.5, 0.6) is 0 Å². The zero-order chi connectivity index (χ0) is 22.8. The summed E-state index contributed by atoms with van der Waals surface area (Å²) in [6, 6.07) is 0. The van der Waals surface area contributed by atoms with Gasteiger partial charge in [0, 0.05) is 0 Å². The first-order chi connectivity index (χ1) is 14.5. The molecule has 3 aliphatic carbocycles. The van der Waals surface area contributed by atoms with Crippen LogP contribution < -0.4 is 0 Å². The Labute approximate surface area is 188 Å². The molecule has 0 aromatic heterocycles. The number of halogens is 3. The van der Waals surface area contributed by atoms with Crippen molar-refractivity contribution in [2.24, 2.45) is 35.0 Å². The molecule has 0 heterocycles. The molecule has 0 spiro atoms. The molecule has 0 aromatic carbocycles. The highest BCUT2D eigenvalue weighted by molar-refractivity contribution is 5.36. The smallest absolute Gasteiger partial charge is 0.171 e. The van der Waals surface area contributed by atoms with Crippen molar-refractivity contribution in [3.63, 3.8) is 0 Å². The van der Waals surface area contributed by atoms with Crippen LogP contribution in [-0.4, -0.2) is 6.18 Å². The van der Waals surface area contributed by atoms with E-state index in [2.05, 4.69) is 39.5 Å². The third kappa shape index (κ3) is 5.50. The highest BCUT2D eigenvalue weighted by Gasteiger charge is 2.50. The van der Waals surface area contributed by atoms with E-state index in [1.54, 1.807) is 5.57 Å². The van der Waals surface area contributed by atoms with E-state index < -0.39 is 12.1 Å². The van der Waals surface area contributed by atoms with E-state index in [0.29, 0.717) is 35.5 Å². The van der Waals surface area contributed by atoms with Gasteiger partial charge in [0.1, 0.15) is 0 Å². The van der Waals surface area contributed by atoms with E-state index in [-0.39, 0.29) is 6.42 Å². The summed E-state index contributed by atoms with van der Waals surface area (Å²) in [6.45, 7) is 12.7. The van der Waals surface area contributed by atoms with E-state index in [4.69, 9.17) is 0 Å². The Morgan fingerprint density at radius 3 is 2.52 bits per heavy atom. The quantitative estimate of drug-likeness (QED) is 0.389. The Hall–Kier alpha value is -0.990. The molecular formula is C28H43F3. The molecule has 31 heavy (non-hydrogen) atoms. The molecule has 0 aliphatic heterocycles. The van der Waals surface area contributed by atoms with Crippen LogP contribution in [0.2, 0.25) is 0 Å². The van der Waals surface area contributed by atoms with Crippen molar-refractivity contribution in [2.45, 2.75) is 105 Å². The first kappa shape index (κ1) is 24.6. The van der Waals surface area contributed by atoms with Gasteiger partial charge in [0.15, 0.2) is 0 Å². The molecule has 0 radical (unpaired) electrons. The lowest BCUT2D eigenvalue weighted by Gasteiger charge is -2.44. The van der Waals surface area contributed by atoms with Crippen molar-refractivity contribution in [1.29, 1.82) is 0 Å². The van der Waals surface area contributed by atoms with Gasteiger partial charge < -0.3 is 0 Å². The van der Waals surface area contributed by atoms with E-state index in [1.807, 2.05) is 0 Å². The van der Waals surface area contributed by atoms with Crippen molar-refractivity contribution in [3.05, 3.63) is 35.5 Å². The summed E-state index contributed by atoms with van der Waals surface area (Å²) in [5.74, 6) is 1.22. The summed E-state index contributed by atoms with van der Waals surface area (Å²) in [4.78, 5) is 0. The predicted molar refractivity (Wildman–Crippen MR) is 125 cm³/mol. The fraction of sp³-hybridized carbons (Fsp3) is 0.786. The molecule has 176 valence electrons. The molecule has 3 fully saturated rings. The van der Waals surface area contributed by atoms with Crippen LogP contribution >= 0.6 is 0 Å². The standard InChI is InChI=1S/C28H43F3/c1-19-9-7-12-23(22(19)4)14-15-24-13-8-18-27(5)25(16-17-26(24)27)20(2)10-6-11-21(3)28(29,30)31/h14-15,19-21,25-26H,4,6-13,16-18H2,1-3,5H3/b23-14-,24-15+. The van der Waals surface area contributed by atoms with Crippen LogP contribution in [0.15, 0.2) is 35.5 Å². The van der Waals surface area contributed by atoms with E-state index in [0.717, 1.165) is 12.8 Å². The number of hydrogen-bond donors (Lipinski definition) is 0. The molecule has 6 unspecified atom stereocenters. The Balaban J connectivity index is 1.64. The topological polar surface area (TPSA) is 0 Å². The summed E-state index contributed by atoms with van der Waals surface area (Å²) in [5.41, 5.74) is 4.70. The van der Waals surface area contributed by atoms with Crippen molar-refractivity contribution in [2.75, 3.05) is 0 Å². The molecule has 0 bridgehead atoms. The lowest BCUT2D eigenvalue weighted by molar-refractivity contribution is -0.171. The minimum absolute atomic E-state index is 0.266. The average Bonchev–Trinajstić information content (AvgIpc) is 3.05. The Morgan fingerprint density at radius 1 is 1.06 bits per heavy atom. The fourth-order valence-electron chi connectivity index (χ4n) is 6.97. The summed E-state index contributed by atoms with van der Waals surface area (Å²) in [6.07, 6.45) is 12.5. The predicted octanol–water partition coefficient (Wildman–Crippen LogP) is 9.44. The molecular weight excluding hydrogens is 393 g/mol. The molecule has 3 rings (SSSR count). The molecule has 0 amide bonds. The van der Waals surface area contributed by atoms with Crippen molar-refractivity contribution in [1.82, 2.24) is 0 Å². The van der Waals surface area contributed by atoms with Gasteiger partial charge in [-0.25, -0.2) is 0 Å². The minimum Gasteiger partial charge on any atom is -0.171 e. The van der Waals surface area contributed by atoms with Gasteiger partial charge in [-0.05, 0) is 98.0 Å².